The number of hydrogen-bond donors (Lipinski definition) is 1. The highest BCUT2D eigenvalue weighted by Gasteiger charge is 2.10. The second kappa shape index (κ2) is 6.12. The number of carbonyl (C=O) groups is 1. The summed E-state index contributed by atoms with van der Waals surface area (Å²) in [6.07, 6.45) is 1.68. The summed E-state index contributed by atoms with van der Waals surface area (Å²) in [5, 5.41) is 16.7. The molecule has 17 heavy (non-hydrogen) atoms. The van der Waals surface area contributed by atoms with Gasteiger partial charge >= 0.3 is 5.97 Å². The van der Waals surface area contributed by atoms with Gasteiger partial charge in [0, 0.05) is 13.6 Å². The maximum Gasteiger partial charge on any atom is 0.305 e. The Morgan fingerprint density at radius 1 is 1.24 bits per heavy atom. The first-order valence-corrected chi connectivity index (χ1v) is 5.73. The lowest BCUT2D eigenvalue weighted by Crippen LogP contribution is -2.24. The molecule has 1 rings (SSSR count). The van der Waals surface area contributed by atoms with Crippen molar-refractivity contribution < 1.29 is 9.90 Å². The Kier molecular flexibility index (Phi) is 4.81. The van der Waals surface area contributed by atoms with Crippen LogP contribution in [-0.4, -0.2) is 39.8 Å². The second-order valence-electron chi connectivity index (χ2n) is 3.78. The summed E-state index contributed by atoms with van der Waals surface area (Å²) in [6.45, 7) is 4.41. The van der Waals surface area contributed by atoms with E-state index in [0.717, 1.165) is 24.2 Å². The van der Waals surface area contributed by atoms with Gasteiger partial charge in [-0.2, -0.15) is 5.10 Å². The molecule has 0 aliphatic rings. The second-order valence-corrected chi connectivity index (χ2v) is 3.78. The SMILES string of the molecule is CCc1nnc(N(C)CCC(=O)O)nc1CC. The van der Waals surface area contributed by atoms with Crippen LogP contribution in [0.25, 0.3) is 0 Å². The minimum atomic E-state index is -0.828. The summed E-state index contributed by atoms with van der Waals surface area (Å²) in [6, 6.07) is 0. The molecular weight excluding hydrogens is 220 g/mol. The molecule has 0 bridgehead atoms. The van der Waals surface area contributed by atoms with Gasteiger partial charge in [-0.1, -0.05) is 13.8 Å². The Balaban J connectivity index is 2.80. The van der Waals surface area contributed by atoms with Crippen molar-refractivity contribution in [2.45, 2.75) is 33.1 Å². The highest BCUT2D eigenvalue weighted by molar-refractivity contribution is 5.67. The number of aliphatic carboxylic acids is 1. The van der Waals surface area contributed by atoms with Gasteiger partial charge in [-0.25, -0.2) is 4.98 Å². The van der Waals surface area contributed by atoms with Gasteiger partial charge in [-0.05, 0) is 12.8 Å². The number of rotatable bonds is 6. The highest BCUT2D eigenvalue weighted by atomic mass is 16.4. The summed E-state index contributed by atoms with van der Waals surface area (Å²) < 4.78 is 0. The van der Waals surface area contributed by atoms with Crippen molar-refractivity contribution in [2.24, 2.45) is 0 Å². The number of aryl methyl sites for hydroxylation is 2. The third-order valence-electron chi connectivity index (χ3n) is 2.50. The molecule has 0 saturated carbocycles. The molecule has 0 amide bonds. The van der Waals surface area contributed by atoms with Crippen LogP contribution in [0.4, 0.5) is 5.95 Å². The predicted molar refractivity (Wildman–Crippen MR) is 64.1 cm³/mol. The van der Waals surface area contributed by atoms with Crippen LogP contribution in [0, 0.1) is 0 Å². The molecule has 0 saturated heterocycles. The lowest BCUT2D eigenvalue weighted by Gasteiger charge is -2.16. The summed E-state index contributed by atoms with van der Waals surface area (Å²) in [5.41, 5.74) is 1.84. The van der Waals surface area contributed by atoms with E-state index in [1.54, 1.807) is 11.9 Å². The largest absolute Gasteiger partial charge is 0.481 e. The average molecular weight is 238 g/mol. The quantitative estimate of drug-likeness (QED) is 0.793. The third kappa shape index (κ3) is 3.65. The molecule has 0 atom stereocenters. The molecule has 1 aromatic heterocycles. The molecule has 94 valence electrons. The lowest BCUT2D eigenvalue weighted by molar-refractivity contribution is -0.136. The van der Waals surface area contributed by atoms with Crippen molar-refractivity contribution in [2.75, 3.05) is 18.5 Å². The van der Waals surface area contributed by atoms with Crippen molar-refractivity contribution in [1.29, 1.82) is 0 Å². The van der Waals surface area contributed by atoms with E-state index >= 15 is 0 Å². The van der Waals surface area contributed by atoms with Crippen LogP contribution < -0.4 is 4.90 Å². The number of carboxylic acids is 1. The molecule has 0 aliphatic carbocycles. The van der Waals surface area contributed by atoms with Gasteiger partial charge in [0.2, 0.25) is 5.95 Å². The number of hydrogen-bond acceptors (Lipinski definition) is 5. The maximum absolute atomic E-state index is 10.5. The minimum Gasteiger partial charge on any atom is -0.481 e. The van der Waals surface area contributed by atoms with Gasteiger partial charge in [0.05, 0.1) is 17.8 Å². The van der Waals surface area contributed by atoms with Gasteiger partial charge in [0.1, 0.15) is 0 Å². The average Bonchev–Trinajstić information content (AvgIpc) is 2.34. The monoisotopic (exact) mass is 238 g/mol. The summed E-state index contributed by atoms with van der Waals surface area (Å²) >= 11 is 0. The molecule has 0 aliphatic heterocycles. The fourth-order valence-electron chi connectivity index (χ4n) is 1.45. The van der Waals surface area contributed by atoms with Crippen molar-refractivity contribution in [3.05, 3.63) is 11.4 Å². The first-order chi connectivity index (χ1) is 8.08. The van der Waals surface area contributed by atoms with Crippen LogP contribution >= 0.6 is 0 Å². The standard InChI is InChI=1S/C11H18N4O2/c1-4-8-9(5-2)13-14-11(12-8)15(3)7-6-10(16)17/h4-7H2,1-3H3,(H,16,17). The van der Waals surface area contributed by atoms with Crippen molar-refractivity contribution in [1.82, 2.24) is 15.2 Å². The van der Waals surface area contributed by atoms with Crippen molar-refractivity contribution in [3.8, 4) is 0 Å². The Bertz CT molecular complexity index is 395. The van der Waals surface area contributed by atoms with E-state index in [-0.39, 0.29) is 6.42 Å². The summed E-state index contributed by atoms with van der Waals surface area (Å²) in [4.78, 5) is 16.6. The number of nitrogens with zero attached hydrogens (tertiary/aromatic N) is 4. The fourth-order valence-corrected chi connectivity index (χ4v) is 1.45. The normalized spacial score (nSPS) is 10.3. The predicted octanol–water partition coefficient (Wildman–Crippen LogP) is 0.907. The van der Waals surface area contributed by atoms with E-state index in [0.29, 0.717) is 12.5 Å². The van der Waals surface area contributed by atoms with Crippen molar-refractivity contribution >= 4 is 11.9 Å². The van der Waals surface area contributed by atoms with Crippen molar-refractivity contribution in [3.63, 3.8) is 0 Å². The number of carboxylic acid groups (broad SMARTS) is 1. The highest BCUT2D eigenvalue weighted by Crippen LogP contribution is 2.09. The molecule has 0 aromatic carbocycles. The van der Waals surface area contributed by atoms with Gasteiger partial charge in [0.15, 0.2) is 0 Å². The maximum atomic E-state index is 10.5. The lowest BCUT2D eigenvalue weighted by atomic mass is 10.2. The molecule has 6 heteroatoms. The Labute approximate surface area is 101 Å². The molecule has 1 aromatic rings. The zero-order valence-electron chi connectivity index (χ0n) is 10.5. The van der Waals surface area contributed by atoms with Gasteiger partial charge < -0.3 is 10.0 Å². The fraction of sp³-hybridized carbons (Fsp3) is 0.636. The zero-order valence-corrected chi connectivity index (χ0v) is 10.5. The van der Waals surface area contributed by atoms with Crippen LogP contribution in [0.3, 0.4) is 0 Å². The van der Waals surface area contributed by atoms with Gasteiger partial charge in [-0.15, -0.1) is 5.10 Å². The Hall–Kier alpha value is -1.72. The van der Waals surface area contributed by atoms with E-state index in [1.165, 1.54) is 0 Å². The van der Waals surface area contributed by atoms with Gasteiger partial charge in [0.25, 0.3) is 0 Å². The molecule has 1 heterocycles. The van der Waals surface area contributed by atoms with E-state index in [2.05, 4.69) is 15.2 Å². The van der Waals surface area contributed by atoms with Crippen LogP contribution in [0.2, 0.25) is 0 Å². The number of aromatic nitrogens is 3. The smallest absolute Gasteiger partial charge is 0.305 e. The number of anilines is 1. The van der Waals surface area contributed by atoms with E-state index in [9.17, 15) is 4.79 Å². The third-order valence-corrected chi connectivity index (χ3v) is 2.50. The topological polar surface area (TPSA) is 79.2 Å². The summed E-state index contributed by atoms with van der Waals surface area (Å²) in [5.74, 6) is -0.342. The first kappa shape index (κ1) is 13.3. The zero-order chi connectivity index (χ0) is 12.8. The Morgan fingerprint density at radius 2 is 1.88 bits per heavy atom. The molecule has 0 radical (unpaired) electrons. The van der Waals surface area contributed by atoms with Gasteiger partial charge in [-0.3, -0.25) is 4.79 Å². The van der Waals surface area contributed by atoms with E-state index in [1.807, 2.05) is 13.8 Å². The first-order valence-electron chi connectivity index (χ1n) is 5.73. The van der Waals surface area contributed by atoms with Crippen LogP contribution in [-0.2, 0) is 17.6 Å². The molecule has 0 fully saturated rings. The molecule has 6 nitrogen and oxygen atoms in total. The van der Waals surface area contributed by atoms with Crippen LogP contribution in [0.15, 0.2) is 0 Å². The van der Waals surface area contributed by atoms with E-state index < -0.39 is 5.97 Å². The van der Waals surface area contributed by atoms with Crippen LogP contribution in [0.5, 0.6) is 0 Å². The molecule has 1 N–H and O–H groups in total. The Morgan fingerprint density at radius 3 is 2.41 bits per heavy atom. The molecule has 0 unspecified atom stereocenters. The molecule has 0 spiro atoms. The summed E-state index contributed by atoms with van der Waals surface area (Å²) in [7, 11) is 1.77. The minimum absolute atomic E-state index is 0.0663. The van der Waals surface area contributed by atoms with Crippen LogP contribution in [0.1, 0.15) is 31.7 Å². The molecular formula is C11H18N4O2. The van der Waals surface area contributed by atoms with E-state index in [4.69, 9.17) is 5.11 Å².